The van der Waals surface area contributed by atoms with Gasteiger partial charge < -0.3 is 10.6 Å². The van der Waals surface area contributed by atoms with Crippen LogP contribution in [0, 0.1) is 5.92 Å². The number of sulfonamides is 1. The zero-order valence-electron chi connectivity index (χ0n) is 17.3. The van der Waals surface area contributed by atoms with Gasteiger partial charge in [0.05, 0.1) is 18.3 Å². The van der Waals surface area contributed by atoms with Gasteiger partial charge in [-0.2, -0.15) is 0 Å². The second-order valence-electron chi connectivity index (χ2n) is 7.19. The number of rotatable bonds is 10. The molecule has 0 radical (unpaired) electrons. The highest BCUT2D eigenvalue weighted by molar-refractivity contribution is 7.89. The first-order valence-electron chi connectivity index (χ1n) is 10.2. The molecule has 1 saturated heterocycles. The Morgan fingerprint density at radius 2 is 2.04 bits per heavy atom. The van der Waals surface area contributed by atoms with E-state index >= 15 is 0 Å². The van der Waals surface area contributed by atoms with E-state index in [2.05, 4.69) is 44.7 Å². The number of nitrogens with zero attached hydrogens (tertiary/aromatic N) is 2. The lowest BCUT2D eigenvalue weighted by molar-refractivity contribution is 0.143. The molecule has 0 spiro atoms. The molecule has 2 rings (SSSR count). The van der Waals surface area contributed by atoms with Crippen LogP contribution in [0.3, 0.4) is 0 Å². The molecule has 2 heterocycles. The number of thiophene rings is 1. The number of nitrogens with one attached hydrogen (secondary N) is 3. The monoisotopic (exact) mass is 429 g/mol. The molecule has 0 aliphatic carbocycles. The average molecular weight is 430 g/mol. The van der Waals surface area contributed by atoms with Gasteiger partial charge in [0.1, 0.15) is 0 Å². The maximum absolute atomic E-state index is 11.5. The van der Waals surface area contributed by atoms with Crippen LogP contribution < -0.4 is 15.4 Å². The molecule has 1 aromatic rings. The highest BCUT2D eigenvalue weighted by Gasteiger charge is 2.25. The van der Waals surface area contributed by atoms with Crippen molar-refractivity contribution in [3.63, 3.8) is 0 Å². The van der Waals surface area contributed by atoms with Crippen molar-refractivity contribution in [2.75, 3.05) is 45.0 Å². The van der Waals surface area contributed by atoms with Gasteiger partial charge in [-0.3, -0.25) is 9.89 Å². The predicted molar refractivity (Wildman–Crippen MR) is 118 cm³/mol. The van der Waals surface area contributed by atoms with Crippen LogP contribution in [-0.4, -0.2) is 64.3 Å². The number of hydrogen-bond donors (Lipinski definition) is 3. The lowest BCUT2D eigenvalue weighted by Gasteiger charge is -2.35. The number of piperidine rings is 1. The molecule has 28 heavy (non-hydrogen) atoms. The molecule has 160 valence electrons. The van der Waals surface area contributed by atoms with Gasteiger partial charge >= 0.3 is 0 Å². The average Bonchev–Trinajstić information content (AvgIpc) is 3.21. The zero-order chi connectivity index (χ0) is 20.4. The second-order valence-corrected chi connectivity index (χ2v) is 10.3. The third kappa shape index (κ3) is 7.69. The van der Waals surface area contributed by atoms with E-state index in [0.29, 0.717) is 25.7 Å². The van der Waals surface area contributed by atoms with Crippen molar-refractivity contribution in [1.29, 1.82) is 0 Å². The maximum Gasteiger partial charge on any atom is 0.211 e. The largest absolute Gasteiger partial charge is 0.357 e. The molecule has 0 saturated carbocycles. The first-order valence-corrected chi connectivity index (χ1v) is 12.7. The van der Waals surface area contributed by atoms with Crippen LogP contribution in [-0.2, 0) is 10.0 Å². The Morgan fingerprint density at radius 1 is 1.29 bits per heavy atom. The molecule has 0 amide bonds. The predicted octanol–water partition coefficient (Wildman–Crippen LogP) is 2.02. The normalized spacial score (nSPS) is 18.2. The van der Waals surface area contributed by atoms with Gasteiger partial charge in [0.15, 0.2) is 5.96 Å². The number of likely N-dealkylation sites (tertiary alicyclic amines) is 1. The van der Waals surface area contributed by atoms with Gasteiger partial charge in [-0.1, -0.05) is 13.0 Å². The summed E-state index contributed by atoms with van der Waals surface area (Å²) in [6, 6.07) is 4.59. The van der Waals surface area contributed by atoms with Crippen LogP contribution in [0.1, 0.15) is 44.5 Å². The Morgan fingerprint density at radius 3 is 2.64 bits per heavy atom. The molecule has 9 heteroatoms. The van der Waals surface area contributed by atoms with Crippen molar-refractivity contribution in [2.45, 2.75) is 39.7 Å². The Kier molecular flexibility index (Phi) is 9.70. The van der Waals surface area contributed by atoms with Crippen molar-refractivity contribution in [1.82, 2.24) is 20.3 Å². The molecule has 0 aromatic carbocycles. The van der Waals surface area contributed by atoms with E-state index in [9.17, 15) is 8.42 Å². The van der Waals surface area contributed by atoms with Crippen molar-refractivity contribution < 1.29 is 8.42 Å². The lowest BCUT2D eigenvalue weighted by Crippen LogP contribution is -2.42. The molecule has 1 aliphatic rings. The Labute approximate surface area is 174 Å². The summed E-state index contributed by atoms with van der Waals surface area (Å²) in [6.45, 7) is 10.5. The standard InChI is InChI=1S/C19H35N5O2S2/c1-4-20-19(21-10-11-23-28(25,26)5-2)22-15-17(18-7-6-14-27-18)24-12-8-16(3)9-13-24/h6-7,14,16-17,23H,4-5,8-13,15H2,1-3H3,(H2,20,21,22). The highest BCUT2D eigenvalue weighted by atomic mass is 32.2. The fourth-order valence-electron chi connectivity index (χ4n) is 3.22. The van der Waals surface area contributed by atoms with Crippen LogP contribution in [0.25, 0.3) is 0 Å². The molecule has 1 unspecified atom stereocenters. The summed E-state index contributed by atoms with van der Waals surface area (Å²) in [5.74, 6) is 1.62. The minimum absolute atomic E-state index is 0.0953. The summed E-state index contributed by atoms with van der Waals surface area (Å²) in [6.07, 6.45) is 2.48. The third-order valence-corrected chi connectivity index (χ3v) is 7.39. The minimum atomic E-state index is -3.16. The summed E-state index contributed by atoms with van der Waals surface area (Å²) in [7, 11) is -3.16. The first kappa shape index (κ1) is 23.1. The summed E-state index contributed by atoms with van der Waals surface area (Å²) in [5.41, 5.74) is 0. The molecule has 1 aliphatic heterocycles. The van der Waals surface area contributed by atoms with Gasteiger partial charge in [-0.25, -0.2) is 13.1 Å². The second kappa shape index (κ2) is 11.7. The summed E-state index contributed by atoms with van der Waals surface area (Å²) in [4.78, 5) is 8.70. The van der Waals surface area contributed by atoms with E-state index in [1.54, 1.807) is 18.3 Å². The van der Waals surface area contributed by atoms with Crippen LogP contribution in [0.4, 0.5) is 0 Å². The highest BCUT2D eigenvalue weighted by Crippen LogP contribution is 2.29. The van der Waals surface area contributed by atoms with Crippen molar-refractivity contribution in [3.05, 3.63) is 22.4 Å². The Bertz CT molecular complexity index is 683. The van der Waals surface area contributed by atoms with Crippen LogP contribution >= 0.6 is 11.3 Å². The van der Waals surface area contributed by atoms with Crippen molar-refractivity contribution in [2.24, 2.45) is 10.9 Å². The first-order chi connectivity index (χ1) is 13.4. The van der Waals surface area contributed by atoms with E-state index in [1.165, 1.54) is 17.7 Å². The number of aliphatic imine (C=N–C) groups is 1. The van der Waals surface area contributed by atoms with Gasteiger partial charge in [0.2, 0.25) is 10.0 Å². The quantitative estimate of drug-likeness (QED) is 0.301. The van der Waals surface area contributed by atoms with Crippen molar-refractivity contribution >= 4 is 27.3 Å². The van der Waals surface area contributed by atoms with Crippen molar-refractivity contribution in [3.8, 4) is 0 Å². The lowest BCUT2D eigenvalue weighted by atomic mass is 9.97. The van der Waals surface area contributed by atoms with E-state index in [0.717, 1.165) is 31.5 Å². The van der Waals surface area contributed by atoms with E-state index in [-0.39, 0.29) is 5.75 Å². The van der Waals surface area contributed by atoms with Gasteiger partial charge in [0, 0.05) is 24.5 Å². The Balaban J connectivity index is 1.96. The molecule has 7 nitrogen and oxygen atoms in total. The fourth-order valence-corrected chi connectivity index (χ4v) is 4.68. The zero-order valence-corrected chi connectivity index (χ0v) is 18.9. The number of guanidine groups is 1. The van der Waals surface area contributed by atoms with Gasteiger partial charge in [-0.15, -0.1) is 11.3 Å². The fraction of sp³-hybridized carbons (Fsp3) is 0.737. The van der Waals surface area contributed by atoms with E-state index in [4.69, 9.17) is 4.99 Å². The van der Waals surface area contributed by atoms with Gasteiger partial charge in [0.25, 0.3) is 0 Å². The van der Waals surface area contributed by atoms with E-state index < -0.39 is 10.0 Å². The molecule has 1 aromatic heterocycles. The molecular formula is C19H35N5O2S2. The summed E-state index contributed by atoms with van der Waals surface area (Å²) < 4.78 is 25.6. The maximum atomic E-state index is 11.5. The molecule has 1 atom stereocenters. The smallest absolute Gasteiger partial charge is 0.211 e. The van der Waals surface area contributed by atoms with E-state index in [1.807, 2.05) is 6.92 Å². The SMILES string of the molecule is CCNC(=NCC(c1cccs1)N1CCC(C)CC1)NCCNS(=O)(=O)CC. The third-order valence-electron chi connectivity index (χ3n) is 5.02. The van der Waals surface area contributed by atoms with Crippen LogP contribution in [0.15, 0.2) is 22.5 Å². The summed E-state index contributed by atoms with van der Waals surface area (Å²) >= 11 is 1.79. The Hall–Kier alpha value is -1.16. The topological polar surface area (TPSA) is 85.8 Å². The minimum Gasteiger partial charge on any atom is -0.357 e. The number of hydrogen-bond acceptors (Lipinski definition) is 5. The van der Waals surface area contributed by atoms with Crippen LogP contribution in [0.2, 0.25) is 0 Å². The summed E-state index contributed by atoms with van der Waals surface area (Å²) in [5, 5.41) is 8.60. The molecular weight excluding hydrogens is 394 g/mol. The molecule has 3 N–H and O–H groups in total. The van der Waals surface area contributed by atoms with Gasteiger partial charge in [-0.05, 0) is 57.1 Å². The molecule has 0 bridgehead atoms. The molecule has 1 fully saturated rings. The van der Waals surface area contributed by atoms with Crippen LogP contribution in [0.5, 0.6) is 0 Å².